The lowest BCUT2D eigenvalue weighted by molar-refractivity contribution is -0.138. The van der Waals surface area contributed by atoms with Gasteiger partial charge in [0, 0.05) is 12.3 Å². The molecule has 0 saturated heterocycles. The van der Waals surface area contributed by atoms with E-state index in [-0.39, 0.29) is 6.04 Å². The molecule has 1 amide bonds. The number of carbonyl (C=O) groups is 1. The second kappa shape index (κ2) is 7.26. The quantitative estimate of drug-likeness (QED) is 0.753. The lowest BCUT2D eigenvalue weighted by atomic mass is 10.00. The standard InChI is InChI=1S/C20H17F3N2O2/c1-13(16-8-4-6-14-5-2-3-7-17(14)16)24-18(26)12-25-11-15(20(21,22)23)9-10-19(25)27/h2-11,13H,12H2,1H3,(H,24,26). The highest BCUT2D eigenvalue weighted by Crippen LogP contribution is 2.28. The predicted molar refractivity (Wildman–Crippen MR) is 96.2 cm³/mol. The van der Waals surface area contributed by atoms with E-state index in [0.29, 0.717) is 12.3 Å². The number of rotatable bonds is 4. The molecule has 1 N–H and O–H groups in total. The van der Waals surface area contributed by atoms with Gasteiger partial charge in [-0.15, -0.1) is 0 Å². The van der Waals surface area contributed by atoms with Gasteiger partial charge in [-0.2, -0.15) is 13.2 Å². The van der Waals surface area contributed by atoms with E-state index in [1.807, 2.05) is 42.5 Å². The smallest absolute Gasteiger partial charge is 0.348 e. The van der Waals surface area contributed by atoms with Crippen molar-refractivity contribution < 1.29 is 18.0 Å². The van der Waals surface area contributed by atoms with Crippen LogP contribution in [0.25, 0.3) is 10.8 Å². The molecule has 0 radical (unpaired) electrons. The minimum atomic E-state index is -4.58. The molecule has 7 heteroatoms. The van der Waals surface area contributed by atoms with Gasteiger partial charge in [0.05, 0.1) is 11.6 Å². The predicted octanol–water partition coefficient (Wildman–Crippen LogP) is 3.90. The number of benzene rings is 2. The lowest BCUT2D eigenvalue weighted by Gasteiger charge is -2.17. The Bertz CT molecular complexity index is 1040. The Balaban J connectivity index is 1.79. The molecule has 0 fully saturated rings. The number of hydrogen-bond acceptors (Lipinski definition) is 2. The number of fused-ring (bicyclic) bond motifs is 1. The summed E-state index contributed by atoms with van der Waals surface area (Å²) in [5, 5.41) is 4.74. The van der Waals surface area contributed by atoms with Crippen LogP contribution in [0.15, 0.2) is 65.6 Å². The number of aromatic nitrogens is 1. The van der Waals surface area contributed by atoms with Gasteiger partial charge >= 0.3 is 6.18 Å². The fourth-order valence-corrected chi connectivity index (χ4v) is 2.97. The Morgan fingerprint density at radius 3 is 2.52 bits per heavy atom. The zero-order chi connectivity index (χ0) is 19.6. The van der Waals surface area contributed by atoms with Crippen LogP contribution in [0.4, 0.5) is 13.2 Å². The van der Waals surface area contributed by atoms with Crippen LogP contribution in [-0.2, 0) is 17.5 Å². The maximum atomic E-state index is 12.8. The molecular weight excluding hydrogens is 357 g/mol. The minimum Gasteiger partial charge on any atom is -0.348 e. The molecule has 0 bridgehead atoms. The second-order valence-corrected chi connectivity index (χ2v) is 6.24. The monoisotopic (exact) mass is 374 g/mol. The first-order valence-electron chi connectivity index (χ1n) is 8.30. The molecule has 0 saturated carbocycles. The number of halogens is 3. The average molecular weight is 374 g/mol. The third-order valence-electron chi connectivity index (χ3n) is 4.29. The summed E-state index contributed by atoms with van der Waals surface area (Å²) in [6, 6.07) is 14.5. The fourth-order valence-electron chi connectivity index (χ4n) is 2.97. The van der Waals surface area contributed by atoms with E-state index in [1.165, 1.54) is 0 Å². The summed E-state index contributed by atoms with van der Waals surface area (Å²) >= 11 is 0. The summed E-state index contributed by atoms with van der Waals surface area (Å²) in [5.74, 6) is -0.545. The summed E-state index contributed by atoms with van der Waals surface area (Å²) in [5.41, 5.74) is -0.759. The minimum absolute atomic E-state index is 0.370. The van der Waals surface area contributed by atoms with Gasteiger partial charge < -0.3 is 9.88 Å². The zero-order valence-corrected chi connectivity index (χ0v) is 14.5. The number of hydrogen-bond donors (Lipinski definition) is 1. The summed E-state index contributed by atoms with van der Waals surface area (Å²) in [4.78, 5) is 24.1. The highest BCUT2D eigenvalue weighted by Gasteiger charge is 2.31. The highest BCUT2D eigenvalue weighted by atomic mass is 19.4. The van der Waals surface area contributed by atoms with Gasteiger partial charge in [0.1, 0.15) is 6.54 Å². The highest BCUT2D eigenvalue weighted by molar-refractivity contribution is 5.86. The maximum absolute atomic E-state index is 12.8. The summed E-state index contributed by atoms with van der Waals surface area (Å²) < 4.78 is 39.2. The van der Waals surface area contributed by atoms with Gasteiger partial charge in [0.25, 0.3) is 5.56 Å². The van der Waals surface area contributed by atoms with Crippen LogP contribution in [0, 0.1) is 0 Å². The van der Waals surface area contributed by atoms with Crippen molar-refractivity contribution in [1.82, 2.24) is 9.88 Å². The Kier molecular flexibility index (Phi) is 5.03. The Morgan fingerprint density at radius 1 is 1.07 bits per heavy atom. The lowest BCUT2D eigenvalue weighted by Crippen LogP contribution is -2.34. The molecule has 3 rings (SSSR count). The second-order valence-electron chi connectivity index (χ2n) is 6.24. The third-order valence-corrected chi connectivity index (χ3v) is 4.29. The van der Waals surface area contributed by atoms with Crippen LogP contribution in [0.2, 0.25) is 0 Å². The number of alkyl halides is 3. The topological polar surface area (TPSA) is 51.1 Å². The van der Waals surface area contributed by atoms with E-state index in [1.54, 1.807) is 6.92 Å². The first-order valence-corrected chi connectivity index (χ1v) is 8.30. The molecule has 1 aromatic heterocycles. The summed E-state index contributed by atoms with van der Waals surface area (Å²) in [7, 11) is 0. The van der Waals surface area contributed by atoms with E-state index in [9.17, 15) is 22.8 Å². The average Bonchev–Trinajstić information content (AvgIpc) is 2.62. The van der Waals surface area contributed by atoms with Gasteiger partial charge in [0.15, 0.2) is 0 Å². The van der Waals surface area contributed by atoms with Gasteiger partial charge in [-0.25, -0.2) is 0 Å². The third kappa shape index (κ3) is 4.19. The van der Waals surface area contributed by atoms with Crippen LogP contribution in [-0.4, -0.2) is 10.5 Å². The number of nitrogens with one attached hydrogen (secondary N) is 1. The van der Waals surface area contributed by atoms with Crippen molar-refractivity contribution >= 4 is 16.7 Å². The van der Waals surface area contributed by atoms with Crippen molar-refractivity contribution in [3.8, 4) is 0 Å². The van der Waals surface area contributed by atoms with Crippen LogP contribution in [0.5, 0.6) is 0 Å². The van der Waals surface area contributed by atoms with Crippen LogP contribution >= 0.6 is 0 Å². The Morgan fingerprint density at radius 2 is 1.78 bits per heavy atom. The van der Waals surface area contributed by atoms with Crippen molar-refractivity contribution in [3.05, 3.63) is 82.3 Å². The largest absolute Gasteiger partial charge is 0.417 e. The molecule has 0 aliphatic carbocycles. The SMILES string of the molecule is CC(NC(=O)Cn1cc(C(F)(F)F)ccc1=O)c1cccc2ccccc12. The van der Waals surface area contributed by atoms with Crippen molar-refractivity contribution in [2.45, 2.75) is 25.7 Å². The Hall–Kier alpha value is -3.09. The van der Waals surface area contributed by atoms with Crippen molar-refractivity contribution in [1.29, 1.82) is 0 Å². The summed E-state index contributed by atoms with van der Waals surface area (Å²) in [6.07, 6.45) is -3.92. The van der Waals surface area contributed by atoms with Gasteiger partial charge in [-0.3, -0.25) is 9.59 Å². The molecular formula is C20H17F3N2O2. The number of carbonyl (C=O) groups excluding carboxylic acids is 1. The molecule has 1 heterocycles. The van der Waals surface area contributed by atoms with E-state index >= 15 is 0 Å². The van der Waals surface area contributed by atoms with Gasteiger partial charge in [-0.05, 0) is 29.3 Å². The molecule has 1 atom stereocenters. The molecule has 27 heavy (non-hydrogen) atoms. The van der Waals surface area contributed by atoms with Crippen molar-refractivity contribution in [2.24, 2.45) is 0 Å². The normalized spacial score (nSPS) is 12.7. The molecule has 3 aromatic rings. The van der Waals surface area contributed by atoms with Crippen LogP contribution in [0.3, 0.4) is 0 Å². The van der Waals surface area contributed by atoms with E-state index < -0.39 is 29.8 Å². The zero-order valence-electron chi connectivity index (χ0n) is 14.5. The van der Waals surface area contributed by atoms with E-state index in [2.05, 4.69) is 5.32 Å². The van der Waals surface area contributed by atoms with E-state index in [4.69, 9.17) is 0 Å². The molecule has 2 aromatic carbocycles. The molecule has 4 nitrogen and oxygen atoms in total. The molecule has 0 spiro atoms. The fraction of sp³-hybridized carbons (Fsp3) is 0.200. The Labute approximate surface area is 153 Å². The maximum Gasteiger partial charge on any atom is 0.417 e. The number of amides is 1. The van der Waals surface area contributed by atoms with E-state index in [0.717, 1.165) is 27.0 Å². The first kappa shape index (κ1) is 18.7. The number of nitrogens with zero attached hydrogens (tertiary/aromatic N) is 1. The van der Waals surface area contributed by atoms with Crippen molar-refractivity contribution in [2.75, 3.05) is 0 Å². The van der Waals surface area contributed by atoms with Gasteiger partial charge in [0.2, 0.25) is 5.91 Å². The molecule has 1 unspecified atom stereocenters. The van der Waals surface area contributed by atoms with Crippen LogP contribution in [0.1, 0.15) is 24.1 Å². The first-order chi connectivity index (χ1) is 12.8. The molecule has 0 aliphatic rings. The molecule has 0 aliphatic heterocycles. The number of pyridine rings is 1. The van der Waals surface area contributed by atoms with Gasteiger partial charge in [-0.1, -0.05) is 42.5 Å². The van der Waals surface area contributed by atoms with Crippen molar-refractivity contribution in [3.63, 3.8) is 0 Å². The summed E-state index contributed by atoms with van der Waals surface area (Å²) in [6.45, 7) is 1.30. The molecule has 140 valence electrons. The van der Waals surface area contributed by atoms with Crippen LogP contribution < -0.4 is 10.9 Å².